The van der Waals surface area contributed by atoms with Gasteiger partial charge >= 0.3 is 0 Å². The first-order valence-electron chi connectivity index (χ1n) is 9.48. The van der Waals surface area contributed by atoms with Gasteiger partial charge in [-0.2, -0.15) is 0 Å². The van der Waals surface area contributed by atoms with E-state index in [1.807, 2.05) is 54.1 Å². The van der Waals surface area contributed by atoms with Crippen LogP contribution in [0.25, 0.3) is 11.3 Å². The number of benzene rings is 1. The van der Waals surface area contributed by atoms with E-state index < -0.39 is 0 Å². The second-order valence-electron chi connectivity index (χ2n) is 7.07. The van der Waals surface area contributed by atoms with Gasteiger partial charge in [0, 0.05) is 31.9 Å². The normalized spacial score (nSPS) is 16.8. The fourth-order valence-electron chi connectivity index (χ4n) is 3.73. The van der Waals surface area contributed by atoms with Gasteiger partial charge in [0.05, 0.1) is 6.26 Å². The number of carbonyl (C=O) groups excluding carboxylic acids is 2. The highest BCUT2D eigenvalue weighted by Gasteiger charge is 2.27. The van der Waals surface area contributed by atoms with Gasteiger partial charge in [-0.05, 0) is 42.7 Å². The maximum absolute atomic E-state index is 12.8. The van der Waals surface area contributed by atoms with Crippen molar-refractivity contribution in [2.75, 3.05) is 13.1 Å². The van der Waals surface area contributed by atoms with Gasteiger partial charge in [0.15, 0.2) is 5.76 Å². The van der Waals surface area contributed by atoms with Crippen LogP contribution < -0.4 is 5.32 Å². The molecule has 3 aromatic rings. The molecule has 0 bridgehead atoms. The van der Waals surface area contributed by atoms with Crippen LogP contribution in [0.5, 0.6) is 0 Å². The number of rotatable bonds is 4. The van der Waals surface area contributed by atoms with Gasteiger partial charge < -0.3 is 19.2 Å². The van der Waals surface area contributed by atoms with Gasteiger partial charge in [0.1, 0.15) is 5.69 Å². The number of likely N-dealkylation sites (tertiary alicyclic amines) is 1. The summed E-state index contributed by atoms with van der Waals surface area (Å²) in [5.74, 6) is 0.0815. The predicted octanol–water partition coefficient (Wildman–Crippen LogP) is 3.32. The van der Waals surface area contributed by atoms with E-state index in [0.29, 0.717) is 24.5 Å². The molecule has 28 heavy (non-hydrogen) atoms. The fraction of sp³-hybridized carbons (Fsp3) is 0.273. The van der Waals surface area contributed by atoms with Gasteiger partial charge in [-0.1, -0.05) is 30.3 Å². The van der Waals surface area contributed by atoms with E-state index in [1.165, 1.54) is 6.26 Å². The van der Waals surface area contributed by atoms with Crippen LogP contribution >= 0.6 is 0 Å². The van der Waals surface area contributed by atoms with E-state index in [0.717, 1.165) is 24.1 Å². The monoisotopic (exact) mass is 377 g/mol. The first-order chi connectivity index (χ1) is 13.6. The molecule has 0 aliphatic carbocycles. The molecule has 0 radical (unpaired) electrons. The summed E-state index contributed by atoms with van der Waals surface area (Å²) in [5.41, 5.74) is 2.66. The van der Waals surface area contributed by atoms with Gasteiger partial charge in [-0.3, -0.25) is 9.59 Å². The third-order valence-electron chi connectivity index (χ3n) is 5.20. The Balaban J connectivity index is 1.44. The third-order valence-corrected chi connectivity index (χ3v) is 5.20. The Bertz CT molecular complexity index is 960. The van der Waals surface area contributed by atoms with Gasteiger partial charge in [0.25, 0.3) is 11.8 Å². The second kappa shape index (κ2) is 7.76. The van der Waals surface area contributed by atoms with Crippen LogP contribution in [0.3, 0.4) is 0 Å². The van der Waals surface area contributed by atoms with Crippen molar-refractivity contribution in [1.82, 2.24) is 14.8 Å². The smallest absolute Gasteiger partial charge is 0.289 e. The second-order valence-corrected chi connectivity index (χ2v) is 7.07. The Kier molecular flexibility index (Phi) is 5.02. The minimum absolute atomic E-state index is 0.0739. The Hall–Kier alpha value is -3.28. The van der Waals surface area contributed by atoms with Crippen LogP contribution in [0.1, 0.15) is 33.9 Å². The molecule has 144 valence electrons. The van der Waals surface area contributed by atoms with E-state index in [1.54, 1.807) is 17.0 Å². The number of furan rings is 1. The molecule has 1 aliphatic rings. The summed E-state index contributed by atoms with van der Waals surface area (Å²) in [6, 6.07) is 17.1. The molecule has 0 saturated carbocycles. The van der Waals surface area contributed by atoms with Crippen LogP contribution in [0, 0.1) is 0 Å². The van der Waals surface area contributed by atoms with Crippen molar-refractivity contribution in [1.29, 1.82) is 0 Å². The number of piperidine rings is 1. The standard InChI is InChI=1S/C22H23N3O3/c1-24-18(16-7-3-2-4-8-16)11-12-19(24)21(26)23-17-9-5-13-25(15-17)22(27)20-10-6-14-28-20/h2-4,6-8,10-12,14,17H,5,9,13,15H2,1H3,(H,23,26). The van der Waals surface area contributed by atoms with Crippen LogP contribution in [-0.4, -0.2) is 40.4 Å². The molecule has 1 aliphatic heterocycles. The predicted molar refractivity (Wildman–Crippen MR) is 106 cm³/mol. The maximum Gasteiger partial charge on any atom is 0.289 e. The van der Waals surface area contributed by atoms with Crippen molar-refractivity contribution in [3.8, 4) is 11.3 Å². The Morgan fingerprint density at radius 2 is 1.89 bits per heavy atom. The average Bonchev–Trinajstić information content (AvgIpc) is 3.38. The first kappa shape index (κ1) is 18.1. The highest BCUT2D eigenvalue weighted by atomic mass is 16.3. The SMILES string of the molecule is Cn1c(C(=O)NC2CCCN(C(=O)c3ccco3)C2)ccc1-c1ccccc1. The maximum atomic E-state index is 12.8. The van der Waals surface area contributed by atoms with Crippen molar-refractivity contribution in [2.24, 2.45) is 7.05 Å². The summed E-state index contributed by atoms with van der Waals surface area (Å²) in [6.07, 6.45) is 3.19. The number of nitrogens with one attached hydrogen (secondary N) is 1. The first-order valence-corrected chi connectivity index (χ1v) is 9.48. The lowest BCUT2D eigenvalue weighted by atomic mass is 10.1. The van der Waals surface area contributed by atoms with E-state index in [9.17, 15) is 9.59 Å². The molecule has 6 heteroatoms. The number of nitrogens with zero attached hydrogens (tertiary/aromatic N) is 2. The van der Waals surface area contributed by atoms with Crippen LogP contribution in [-0.2, 0) is 7.05 Å². The molecule has 2 aromatic heterocycles. The Labute approximate surface area is 163 Å². The minimum Gasteiger partial charge on any atom is -0.459 e. The van der Waals surface area contributed by atoms with Crippen molar-refractivity contribution in [3.05, 3.63) is 72.3 Å². The van der Waals surface area contributed by atoms with E-state index >= 15 is 0 Å². The van der Waals surface area contributed by atoms with Crippen LogP contribution in [0.2, 0.25) is 0 Å². The molecule has 1 unspecified atom stereocenters. The molecule has 2 amide bonds. The topological polar surface area (TPSA) is 67.5 Å². The van der Waals surface area contributed by atoms with Crippen molar-refractivity contribution >= 4 is 11.8 Å². The van der Waals surface area contributed by atoms with Crippen LogP contribution in [0.15, 0.2) is 65.3 Å². The molecule has 0 spiro atoms. The molecule has 1 atom stereocenters. The molecule has 1 aromatic carbocycles. The minimum atomic E-state index is -0.130. The Morgan fingerprint density at radius 3 is 2.64 bits per heavy atom. The summed E-state index contributed by atoms with van der Waals surface area (Å²) in [4.78, 5) is 27.1. The zero-order chi connectivity index (χ0) is 19.5. The summed E-state index contributed by atoms with van der Waals surface area (Å²) in [7, 11) is 1.89. The van der Waals surface area contributed by atoms with Crippen molar-refractivity contribution in [2.45, 2.75) is 18.9 Å². The molecular weight excluding hydrogens is 354 g/mol. The van der Waals surface area contributed by atoms with Crippen molar-refractivity contribution in [3.63, 3.8) is 0 Å². The van der Waals surface area contributed by atoms with Crippen molar-refractivity contribution < 1.29 is 14.0 Å². The van der Waals surface area contributed by atoms with Gasteiger partial charge in [0.2, 0.25) is 0 Å². The number of amides is 2. The quantitative estimate of drug-likeness (QED) is 0.758. The molecule has 4 rings (SSSR count). The fourth-order valence-corrected chi connectivity index (χ4v) is 3.73. The molecular formula is C22H23N3O3. The lowest BCUT2D eigenvalue weighted by Gasteiger charge is -2.32. The number of aromatic nitrogens is 1. The van der Waals surface area contributed by atoms with E-state index in [4.69, 9.17) is 4.42 Å². The zero-order valence-corrected chi connectivity index (χ0v) is 15.8. The third kappa shape index (κ3) is 3.58. The molecule has 1 N–H and O–H groups in total. The average molecular weight is 377 g/mol. The molecule has 6 nitrogen and oxygen atoms in total. The molecule has 1 saturated heterocycles. The summed E-state index contributed by atoms with van der Waals surface area (Å²) in [5, 5.41) is 3.09. The highest BCUT2D eigenvalue weighted by Crippen LogP contribution is 2.22. The van der Waals surface area contributed by atoms with E-state index in [-0.39, 0.29) is 17.9 Å². The van der Waals surface area contributed by atoms with Gasteiger partial charge in [-0.15, -0.1) is 0 Å². The summed E-state index contributed by atoms with van der Waals surface area (Å²) >= 11 is 0. The molecule has 3 heterocycles. The molecule has 1 fully saturated rings. The Morgan fingerprint density at radius 1 is 1.07 bits per heavy atom. The highest BCUT2D eigenvalue weighted by molar-refractivity contribution is 5.94. The van der Waals surface area contributed by atoms with Crippen LogP contribution in [0.4, 0.5) is 0 Å². The summed E-state index contributed by atoms with van der Waals surface area (Å²) < 4.78 is 7.11. The lowest BCUT2D eigenvalue weighted by molar-refractivity contribution is 0.0646. The zero-order valence-electron chi connectivity index (χ0n) is 15.8. The number of hydrogen-bond acceptors (Lipinski definition) is 3. The van der Waals surface area contributed by atoms with E-state index in [2.05, 4.69) is 5.32 Å². The lowest BCUT2D eigenvalue weighted by Crippen LogP contribution is -2.49. The number of hydrogen-bond donors (Lipinski definition) is 1. The van der Waals surface area contributed by atoms with Gasteiger partial charge in [-0.25, -0.2) is 0 Å². The largest absolute Gasteiger partial charge is 0.459 e. The summed E-state index contributed by atoms with van der Waals surface area (Å²) in [6.45, 7) is 1.16. The number of carbonyl (C=O) groups is 2.